The van der Waals surface area contributed by atoms with E-state index in [1.165, 1.54) is 96.3 Å². The Balaban J connectivity index is 4.29. The molecule has 12 heteroatoms. The van der Waals surface area contributed by atoms with Crippen LogP contribution in [-0.2, 0) is 37.5 Å². The Morgan fingerprint density at radius 2 is 0.933 bits per heavy atom. The quantitative estimate of drug-likeness (QED) is 0.0230. The van der Waals surface area contributed by atoms with Crippen molar-refractivity contribution in [2.45, 2.75) is 219 Å². The van der Waals surface area contributed by atoms with Crippen LogP contribution in [0.3, 0.4) is 0 Å². The third kappa shape index (κ3) is 42.1. The number of carbonyl (C=O) groups is 3. The standard InChI is InChI=1S/C48H86NO10P/c1-3-5-7-9-11-13-15-17-19-20-21-22-23-24-26-28-30-32-34-36-38-40-47(51)59-44(42-57-60(54,55)58-43-45(49)48(52)53)41-56-46(50)39-37-35-33-31-29-27-25-18-16-14-12-10-8-6-4-2/h6,8,12,14,17-19,25,44-45H,3-5,7,9-11,13,15-16,20-24,26-43,49H2,1-2H3,(H,52,53)(H,54,55)/b8-6-,14-12-,19-17-,25-18-/t44-,45+/m1/s1. The van der Waals surface area contributed by atoms with E-state index in [0.29, 0.717) is 12.8 Å². The lowest BCUT2D eigenvalue weighted by atomic mass is 10.0. The van der Waals surface area contributed by atoms with E-state index < -0.39 is 51.1 Å². The lowest BCUT2D eigenvalue weighted by Crippen LogP contribution is -2.34. The number of carboxylic acid groups (broad SMARTS) is 1. The summed E-state index contributed by atoms with van der Waals surface area (Å²) in [4.78, 5) is 46.1. The minimum Gasteiger partial charge on any atom is -0.480 e. The van der Waals surface area contributed by atoms with Gasteiger partial charge < -0.3 is 25.2 Å². The van der Waals surface area contributed by atoms with Crippen molar-refractivity contribution in [3.8, 4) is 0 Å². The molecule has 0 fully saturated rings. The highest BCUT2D eigenvalue weighted by atomic mass is 31.2. The summed E-state index contributed by atoms with van der Waals surface area (Å²) in [7, 11) is -4.72. The van der Waals surface area contributed by atoms with E-state index in [9.17, 15) is 23.8 Å². The molecule has 1 unspecified atom stereocenters. The van der Waals surface area contributed by atoms with Gasteiger partial charge in [0.05, 0.1) is 13.2 Å². The molecule has 0 heterocycles. The molecule has 0 rings (SSSR count). The number of phosphoric acid groups is 1. The maximum absolute atomic E-state index is 12.7. The predicted octanol–water partition coefficient (Wildman–Crippen LogP) is 13.0. The molecule has 60 heavy (non-hydrogen) atoms. The van der Waals surface area contributed by atoms with Gasteiger partial charge in [0, 0.05) is 12.8 Å². The first-order valence-corrected chi connectivity index (χ1v) is 25.2. The molecule has 0 aliphatic carbocycles. The van der Waals surface area contributed by atoms with E-state index in [1.807, 2.05) is 0 Å². The van der Waals surface area contributed by atoms with Crippen molar-refractivity contribution in [1.82, 2.24) is 0 Å². The van der Waals surface area contributed by atoms with Gasteiger partial charge in [-0.3, -0.25) is 23.4 Å². The fraction of sp³-hybridized carbons (Fsp3) is 0.771. The van der Waals surface area contributed by atoms with E-state index in [4.69, 9.17) is 24.8 Å². The largest absolute Gasteiger partial charge is 0.480 e. The third-order valence-electron chi connectivity index (χ3n) is 10.1. The zero-order valence-electron chi connectivity index (χ0n) is 37.8. The van der Waals surface area contributed by atoms with Gasteiger partial charge in [-0.05, 0) is 70.6 Å². The Labute approximate surface area is 365 Å². The second-order valence-corrected chi connectivity index (χ2v) is 17.3. The fourth-order valence-corrected chi connectivity index (χ4v) is 7.15. The second-order valence-electron chi connectivity index (χ2n) is 15.9. The third-order valence-corrected chi connectivity index (χ3v) is 11.0. The van der Waals surface area contributed by atoms with Gasteiger partial charge in [-0.25, -0.2) is 4.57 Å². The summed E-state index contributed by atoms with van der Waals surface area (Å²) >= 11 is 0. The van der Waals surface area contributed by atoms with E-state index in [0.717, 1.165) is 70.6 Å². The zero-order valence-corrected chi connectivity index (χ0v) is 38.7. The first kappa shape index (κ1) is 57.4. The minimum absolute atomic E-state index is 0.156. The molecule has 348 valence electrons. The maximum atomic E-state index is 12.7. The van der Waals surface area contributed by atoms with Gasteiger partial charge in [0.1, 0.15) is 12.6 Å². The number of allylic oxidation sites excluding steroid dienone is 8. The average molecular weight is 868 g/mol. The Hall–Kier alpha value is -2.56. The number of phosphoric ester groups is 1. The van der Waals surface area contributed by atoms with Gasteiger partial charge in [0.15, 0.2) is 6.10 Å². The number of unbranched alkanes of at least 4 members (excludes halogenated alkanes) is 22. The van der Waals surface area contributed by atoms with Gasteiger partial charge in [0.25, 0.3) is 0 Å². The van der Waals surface area contributed by atoms with Crippen LogP contribution in [0.1, 0.15) is 206 Å². The Morgan fingerprint density at radius 1 is 0.533 bits per heavy atom. The monoisotopic (exact) mass is 868 g/mol. The Bertz CT molecular complexity index is 1200. The van der Waals surface area contributed by atoms with Crippen LogP contribution in [0.4, 0.5) is 0 Å². The summed E-state index contributed by atoms with van der Waals surface area (Å²) in [6.45, 7) is 2.68. The van der Waals surface area contributed by atoms with Crippen molar-refractivity contribution in [3.05, 3.63) is 48.6 Å². The molecule has 0 saturated carbocycles. The molecule has 0 aliphatic heterocycles. The number of ether oxygens (including phenoxy) is 2. The van der Waals surface area contributed by atoms with Crippen molar-refractivity contribution in [2.75, 3.05) is 19.8 Å². The first-order chi connectivity index (χ1) is 29.1. The van der Waals surface area contributed by atoms with E-state index >= 15 is 0 Å². The van der Waals surface area contributed by atoms with E-state index in [2.05, 4.69) is 67.0 Å². The molecular formula is C48H86NO10P. The summed E-state index contributed by atoms with van der Waals surface area (Å²) < 4.78 is 32.8. The van der Waals surface area contributed by atoms with Crippen LogP contribution in [0.15, 0.2) is 48.6 Å². The highest BCUT2D eigenvalue weighted by Gasteiger charge is 2.28. The molecule has 0 radical (unpaired) electrons. The van der Waals surface area contributed by atoms with Gasteiger partial charge >= 0.3 is 25.7 Å². The molecular weight excluding hydrogens is 781 g/mol. The van der Waals surface area contributed by atoms with Crippen LogP contribution in [-0.4, -0.2) is 59.9 Å². The van der Waals surface area contributed by atoms with Crippen LogP contribution in [0.2, 0.25) is 0 Å². The number of carbonyl (C=O) groups excluding carboxylic acids is 2. The smallest absolute Gasteiger partial charge is 0.472 e. The number of carboxylic acids is 1. The molecule has 0 bridgehead atoms. The zero-order chi connectivity index (χ0) is 44.2. The normalized spacial score (nSPS) is 14.1. The molecule has 0 spiro atoms. The number of rotatable bonds is 44. The van der Waals surface area contributed by atoms with Gasteiger partial charge in [-0.15, -0.1) is 0 Å². The molecule has 4 N–H and O–H groups in total. The van der Waals surface area contributed by atoms with E-state index in [-0.39, 0.29) is 19.4 Å². The topological polar surface area (TPSA) is 172 Å². The molecule has 0 saturated heterocycles. The van der Waals surface area contributed by atoms with Crippen LogP contribution < -0.4 is 5.73 Å². The lowest BCUT2D eigenvalue weighted by molar-refractivity contribution is -0.161. The predicted molar refractivity (Wildman–Crippen MR) is 245 cm³/mol. The highest BCUT2D eigenvalue weighted by Crippen LogP contribution is 2.43. The van der Waals surface area contributed by atoms with Gasteiger partial charge in [0.2, 0.25) is 0 Å². The van der Waals surface area contributed by atoms with Crippen molar-refractivity contribution in [1.29, 1.82) is 0 Å². The number of hydrogen-bond acceptors (Lipinski definition) is 9. The summed E-state index contributed by atoms with van der Waals surface area (Å²) in [6.07, 6.45) is 48.9. The van der Waals surface area contributed by atoms with Crippen molar-refractivity contribution in [3.63, 3.8) is 0 Å². The first-order valence-electron chi connectivity index (χ1n) is 23.7. The molecule has 0 amide bonds. The van der Waals surface area contributed by atoms with Crippen LogP contribution in [0.5, 0.6) is 0 Å². The van der Waals surface area contributed by atoms with Crippen LogP contribution in [0.25, 0.3) is 0 Å². The lowest BCUT2D eigenvalue weighted by Gasteiger charge is -2.20. The van der Waals surface area contributed by atoms with Crippen molar-refractivity contribution in [2.24, 2.45) is 5.73 Å². The fourth-order valence-electron chi connectivity index (χ4n) is 6.37. The van der Waals surface area contributed by atoms with Crippen LogP contribution in [0, 0.1) is 0 Å². The number of hydrogen-bond donors (Lipinski definition) is 3. The molecule has 0 aliphatic rings. The summed E-state index contributed by atoms with van der Waals surface area (Å²) in [5.41, 5.74) is 5.34. The number of aliphatic carboxylic acids is 1. The van der Waals surface area contributed by atoms with Crippen molar-refractivity contribution >= 4 is 25.7 Å². The second kappa shape index (κ2) is 43.1. The SMILES string of the molecule is CC/C=C\C/C=C\C/C=C\CCCCCCCC(=O)OC[C@H](COP(=O)(O)OC[C@H](N)C(=O)O)OC(=O)CCCCCCCCCCCCC/C=C\CCCCCCCC. The molecule has 11 nitrogen and oxygen atoms in total. The minimum atomic E-state index is -4.72. The van der Waals surface area contributed by atoms with Crippen molar-refractivity contribution < 1.29 is 47.5 Å². The number of esters is 2. The number of nitrogens with two attached hydrogens (primary N) is 1. The molecule has 0 aromatic heterocycles. The average Bonchev–Trinajstić information content (AvgIpc) is 3.22. The van der Waals surface area contributed by atoms with Gasteiger partial charge in [-0.1, -0.05) is 172 Å². The highest BCUT2D eigenvalue weighted by molar-refractivity contribution is 7.47. The molecule has 3 atom stereocenters. The molecule has 0 aromatic carbocycles. The van der Waals surface area contributed by atoms with Crippen LogP contribution >= 0.6 is 7.82 Å². The Morgan fingerprint density at radius 3 is 1.42 bits per heavy atom. The maximum Gasteiger partial charge on any atom is 0.472 e. The van der Waals surface area contributed by atoms with Gasteiger partial charge in [-0.2, -0.15) is 0 Å². The summed E-state index contributed by atoms with van der Waals surface area (Å²) in [5.74, 6) is -2.40. The molecule has 0 aromatic rings. The summed E-state index contributed by atoms with van der Waals surface area (Å²) in [6, 6.07) is -1.52. The van der Waals surface area contributed by atoms with E-state index in [1.54, 1.807) is 0 Å². The Kier molecular flexibility index (Phi) is 41.3. The summed E-state index contributed by atoms with van der Waals surface area (Å²) in [5, 5.41) is 8.90.